The fraction of sp³-hybridized carbons (Fsp3) is 0.455. The molecule has 0 radical (unpaired) electrons. The topological polar surface area (TPSA) is 32.7 Å². The van der Waals surface area contributed by atoms with Gasteiger partial charge >= 0.3 is 0 Å². The van der Waals surface area contributed by atoms with Crippen LogP contribution in [0.25, 0.3) is 0 Å². The molecule has 0 aliphatic carbocycles. The van der Waals surface area contributed by atoms with E-state index in [-0.39, 0.29) is 0 Å². The highest BCUT2D eigenvalue weighted by Crippen LogP contribution is 2.21. The number of nitrogens with zero attached hydrogens (tertiary/aromatic N) is 1. The van der Waals surface area contributed by atoms with Crippen LogP contribution >= 0.6 is 11.6 Å². The second kappa shape index (κ2) is 10.1. The van der Waals surface area contributed by atoms with E-state index < -0.39 is 6.10 Å². The second-order valence-corrected chi connectivity index (χ2v) is 7.67. The molecule has 1 atom stereocenters. The van der Waals surface area contributed by atoms with E-state index in [9.17, 15) is 5.11 Å². The Hall–Kier alpha value is -1.39. The lowest BCUT2D eigenvalue weighted by molar-refractivity contribution is 0.00451. The van der Waals surface area contributed by atoms with Crippen LogP contribution in [0.2, 0.25) is 5.02 Å². The van der Waals surface area contributed by atoms with Crippen molar-refractivity contribution in [2.24, 2.45) is 5.92 Å². The van der Waals surface area contributed by atoms with E-state index in [0.29, 0.717) is 19.8 Å². The number of hydrogen-bond acceptors (Lipinski definition) is 3. The Balaban J connectivity index is 1.31. The van der Waals surface area contributed by atoms with Crippen LogP contribution in [0.3, 0.4) is 0 Å². The Bertz CT molecular complexity index is 639. The van der Waals surface area contributed by atoms with Gasteiger partial charge < -0.3 is 14.7 Å². The maximum absolute atomic E-state index is 10.2. The van der Waals surface area contributed by atoms with Crippen LogP contribution in [0.4, 0.5) is 0 Å². The van der Waals surface area contributed by atoms with Gasteiger partial charge in [0, 0.05) is 11.6 Å². The van der Waals surface area contributed by atoms with Crippen molar-refractivity contribution in [1.82, 2.24) is 4.90 Å². The Labute approximate surface area is 161 Å². The molecule has 26 heavy (non-hydrogen) atoms. The van der Waals surface area contributed by atoms with Gasteiger partial charge in [-0.2, -0.15) is 0 Å². The van der Waals surface area contributed by atoms with Gasteiger partial charge in [0.05, 0.1) is 19.3 Å². The quantitative estimate of drug-likeness (QED) is 0.753. The number of hydrogen-bond donors (Lipinski definition) is 1. The summed E-state index contributed by atoms with van der Waals surface area (Å²) in [7, 11) is 0. The summed E-state index contributed by atoms with van der Waals surface area (Å²) in [6.07, 6.45) is 3.13. The number of ether oxygens (including phenoxy) is 1. The zero-order valence-electron chi connectivity index (χ0n) is 15.2. The summed E-state index contributed by atoms with van der Waals surface area (Å²) in [6.45, 7) is 3.69. The fourth-order valence-corrected chi connectivity index (χ4v) is 3.69. The summed E-state index contributed by atoms with van der Waals surface area (Å²) in [5, 5.41) is 11.0. The summed E-state index contributed by atoms with van der Waals surface area (Å²) in [5.74, 6) is 0.756. The molecule has 0 amide bonds. The molecule has 1 aliphatic rings. The van der Waals surface area contributed by atoms with Gasteiger partial charge in [0.1, 0.15) is 0 Å². The Morgan fingerprint density at radius 2 is 1.69 bits per heavy atom. The van der Waals surface area contributed by atoms with Crippen LogP contribution in [-0.4, -0.2) is 42.4 Å². The Morgan fingerprint density at radius 3 is 2.38 bits per heavy atom. The van der Waals surface area contributed by atoms with Gasteiger partial charge in [0.15, 0.2) is 0 Å². The zero-order chi connectivity index (χ0) is 18.2. The molecule has 4 heteroatoms. The molecular formula is C22H28ClNO2. The minimum Gasteiger partial charge on any atom is -0.389 e. The average molecular weight is 374 g/mol. The lowest BCUT2D eigenvalue weighted by atomic mass is 9.90. The van der Waals surface area contributed by atoms with Crippen molar-refractivity contribution in [2.45, 2.75) is 32.0 Å². The molecule has 1 heterocycles. The maximum Gasteiger partial charge on any atom is 0.0900 e. The Kier molecular flexibility index (Phi) is 7.51. The zero-order valence-corrected chi connectivity index (χ0v) is 15.9. The third-order valence-electron chi connectivity index (χ3n) is 5.04. The molecule has 0 aromatic heterocycles. The van der Waals surface area contributed by atoms with E-state index in [4.69, 9.17) is 16.3 Å². The summed E-state index contributed by atoms with van der Waals surface area (Å²) >= 11 is 5.87. The van der Waals surface area contributed by atoms with E-state index in [0.717, 1.165) is 29.6 Å². The second-order valence-electron chi connectivity index (χ2n) is 7.23. The summed E-state index contributed by atoms with van der Waals surface area (Å²) in [6, 6.07) is 18.4. The normalized spacial score (nSPS) is 17.3. The van der Waals surface area contributed by atoms with Crippen LogP contribution in [0, 0.1) is 5.92 Å². The molecule has 0 unspecified atom stereocenters. The summed E-state index contributed by atoms with van der Waals surface area (Å²) in [5.41, 5.74) is 2.50. The van der Waals surface area contributed by atoms with Crippen molar-refractivity contribution in [1.29, 1.82) is 0 Å². The number of piperidine rings is 1. The number of likely N-dealkylation sites (tertiary alicyclic amines) is 1. The van der Waals surface area contributed by atoms with E-state index in [2.05, 4.69) is 35.2 Å². The van der Waals surface area contributed by atoms with Crippen molar-refractivity contribution in [3.63, 3.8) is 0 Å². The van der Waals surface area contributed by atoms with Crippen molar-refractivity contribution in [2.75, 3.05) is 26.2 Å². The molecule has 0 spiro atoms. The molecule has 0 saturated carbocycles. The molecule has 2 aromatic carbocycles. The highest BCUT2D eigenvalue weighted by atomic mass is 35.5. The van der Waals surface area contributed by atoms with Crippen molar-refractivity contribution < 1.29 is 9.84 Å². The SMILES string of the molecule is O[C@H](COCc1ccc(Cl)cc1)CN1CCC(Cc2ccccc2)CC1. The van der Waals surface area contributed by atoms with Gasteiger partial charge in [0.2, 0.25) is 0 Å². The monoisotopic (exact) mass is 373 g/mol. The molecule has 1 aliphatic heterocycles. The van der Waals surface area contributed by atoms with Crippen LogP contribution in [0.15, 0.2) is 54.6 Å². The van der Waals surface area contributed by atoms with E-state index in [1.165, 1.54) is 24.8 Å². The highest BCUT2D eigenvalue weighted by molar-refractivity contribution is 6.30. The number of halogens is 1. The third-order valence-corrected chi connectivity index (χ3v) is 5.29. The fourth-order valence-electron chi connectivity index (χ4n) is 3.56. The highest BCUT2D eigenvalue weighted by Gasteiger charge is 2.21. The first-order valence-electron chi connectivity index (χ1n) is 9.45. The lowest BCUT2D eigenvalue weighted by Crippen LogP contribution is -2.40. The summed E-state index contributed by atoms with van der Waals surface area (Å²) in [4.78, 5) is 2.36. The minimum absolute atomic E-state index is 0.368. The third kappa shape index (κ3) is 6.40. The van der Waals surface area contributed by atoms with E-state index in [1.807, 2.05) is 24.3 Å². The van der Waals surface area contributed by atoms with Gasteiger partial charge in [0.25, 0.3) is 0 Å². The molecule has 1 N–H and O–H groups in total. The molecular weight excluding hydrogens is 346 g/mol. The first-order chi connectivity index (χ1) is 12.7. The first kappa shape index (κ1) is 19.4. The first-order valence-corrected chi connectivity index (χ1v) is 9.83. The average Bonchev–Trinajstić information content (AvgIpc) is 2.66. The van der Waals surface area contributed by atoms with Crippen molar-refractivity contribution in [3.8, 4) is 0 Å². The van der Waals surface area contributed by atoms with Crippen LogP contribution in [0.1, 0.15) is 24.0 Å². The van der Waals surface area contributed by atoms with Gasteiger partial charge in [-0.25, -0.2) is 0 Å². The Morgan fingerprint density at radius 1 is 1.00 bits per heavy atom. The molecule has 3 nitrogen and oxygen atoms in total. The van der Waals surface area contributed by atoms with Gasteiger partial charge in [-0.1, -0.05) is 54.1 Å². The van der Waals surface area contributed by atoms with Crippen LogP contribution in [0.5, 0.6) is 0 Å². The van der Waals surface area contributed by atoms with Crippen LogP contribution < -0.4 is 0 Å². The largest absolute Gasteiger partial charge is 0.389 e. The van der Waals surface area contributed by atoms with Gasteiger partial charge in [-0.3, -0.25) is 0 Å². The number of rotatable bonds is 8. The molecule has 2 aromatic rings. The van der Waals surface area contributed by atoms with E-state index in [1.54, 1.807) is 0 Å². The number of aliphatic hydroxyl groups excluding tert-OH is 1. The maximum atomic E-state index is 10.2. The predicted octanol–water partition coefficient (Wildman–Crippen LogP) is 4.17. The smallest absolute Gasteiger partial charge is 0.0900 e. The number of aliphatic hydroxyl groups is 1. The molecule has 1 saturated heterocycles. The van der Waals surface area contributed by atoms with Gasteiger partial charge in [-0.15, -0.1) is 0 Å². The van der Waals surface area contributed by atoms with Gasteiger partial charge in [-0.05, 0) is 61.5 Å². The lowest BCUT2D eigenvalue weighted by Gasteiger charge is -2.33. The molecule has 1 fully saturated rings. The van der Waals surface area contributed by atoms with Crippen LogP contribution in [-0.2, 0) is 17.8 Å². The van der Waals surface area contributed by atoms with Crippen molar-refractivity contribution >= 4 is 11.6 Å². The number of benzene rings is 2. The molecule has 0 bridgehead atoms. The van der Waals surface area contributed by atoms with E-state index >= 15 is 0 Å². The molecule has 3 rings (SSSR count). The number of β-amino-alcohol motifs (C(OH)–C–C–N with tert-alkyl or cyclic N) is 1. The minimum atomic E-state index is -0.437. The van der Waals surface area contributed by atoms with Crippen molar-refractivity contribution in [3.05, 3.63) is 70.7 Å². The summed E-state index contributed by atoms with van der Waals surface area (Å²) < 4.78 is 5.64. The standard InChI is InChI=1S/C22H28ClNO2/c23-21-8-6-20(7-9-21)16-26-17-22(25)15-24-12-10-19(11-13-24)14-18-4-2-1-3-5-18/h1-9,19,22,25H,10-17H2/t22-/m0/s1. The predicted molar refractivity (Wildman–Crippen MR) is 106 cm³/mol. The molecule has 140 valence electrons.